The van der Waals surface area contributed by atoms with Gasteiger partial charge in [0.25, 0.3) is 5.91 Å². The molecule has 1 aromatic carbocycles. The molecule has 1 unspecified atom stereocenters. The van der Waals surface area contributed by atoms with Crippen LogP contribution in [0.15, 0.2) is 18.2 Å². The minimum atomic E-state index is -0.535. The third kappa shape index (κ3) is 3.77. The van der Waals surface area contributed by atoms with Crippen molar-refractivity contribution in [2.45, 2.75) is 26.9 Å². The van der Waals surface area contributed by atoms with Gasteiger partial charge in [-0.1, -0.05) is 0 Å². The van der Waals surface area contributed by atoms with Crippen molar-refractivity contribution in [3.8, 4) is 11.5 Å². The summed E-state index contributed by atoms with van der Waals surface area (Å²) in [5, 5.41) is 0. The summed E-state index contributed by atoms with van der Waals surface area (Å²) in [6, 6.07) is 5.12. The first kappa shape index (κ1) is 15.1. The number of ether oxygens (including phenoxy) is 2. The van der Waals surface area contributed by atoms with Gasteiger partial charge in [-0.05, 0) is 32.9 Å². The van der Waals surface area contributed by atoms with E-state index >= 15 is 0 Å². The van der Waals surface area contributed by atoms with Crippen LogP contribution in [0.2, 0.25) is 0 Å². The van der Waals surface area contributed by atoms with Crippen molar-refractivity contribution in [2.24, 2.45) is 0 Å². The monoisotopic (exact) mass is 266 g/mol. The van der Waals surface area contributed by atoms with Gasteiger partial charge in [0.1, 0.15) is 11.5 Å². The summed E-state index contributed by atoms with van der Waals surface area (Å²) in [6.07, 6.45) is -0.535. The summed E-state index contributed by atoms with van der Waals surface area (Å²) in [6.45, 7) is 6.97. The smallest absolute Gasteiger partial charge is 0.263 e. The Balaban J connectivity index is 2.74. The van der Waals surface area contributed by atoms with Crippen LogP contribution in [0.4, 0.5) is 5.69 Å². The minimum Gasteiger partial charge on any atom is -0.495 e. The maximum Gasteiger partial charge on any atom is 0.263 e. The van der Waals surface area contributed by atoms with E-state index in [0.29, 0.717) is 30.3 Å². The highest BCUT2D eigenvalue weighted by molar-refractivity contribution is 5.80. The zero-order valence-electron chi connectivity index (χ0n) is 12.0. The number of rotatable bonds is 6. The number of anilines is 1. The number of methoxy groups -OCH3 is 1. The molecule has 0 radical (unpaired) electrons. The van der Waals surface area contributed by atoms with Gasteiger partial charge in [-0.15, -0.1) is 0 Å². The van der Waals surface area contributed by atoms with E-state index in [1.54, 1.807) is 37.1 Å². The second kappa shape index (κ2) is 6.87. The lowest BCUT2D eigenvalue weighted by Gasteiger charge is -2.23. The van der Waals surface area contributed by atoms with Gasteiger partial charge in [0.05, 0.1) is 12.8 Å². The van der Waals surface area contributed by atoms with Crippen LogP contribution in [-0.2, 0) is 4.79 Å². The molecule has 0 saturated heterocycles. The molecule has 0 aliphatic carbocycles. The molecule has 0 aliphatic heterocycles. The summed E-state index contributed by atoms with van der Waals surface area (Å²) >= 11 is 0. The number of likely N-dealkylation sites (N-methyl/N-ethyl adjacent to an activating group) is 1. The number of amides is 1. The Morgan fingerprint density at radius 2 is 2.00 bits per heavy atom. The molecule has 2 N–H and O–H groups in total. The quantitative estimate of drug-likeness (QED) is 0.799. The maximum absolute atomic E-state index is 12.1. The fraction of sp³-hybridized carbons (Fsp3) is 0.500. The lowest BCUT2D eigenvalue weighted by Crippen LogP contribution is -2.40. The predicted octanol–water partition coefficient (Wildman–Crippen LogP) is 1.91. The van der Waals surface area contributed by atoms with Crippen molar-refractivity contribution < 1.29 is 14.3 Å². The van der Waals surface area contributed by atoms with Crippen LogP contribution in [0.25, 0.3) is 0 Å². The van der Waals surface area contributed by atoms with Gasteiger partial charge in [0, 0.05) is 19.2 Å². The lowest BCUT2D eigenvalue weighted by atomic mass is 10.2. The number of hydrogen-bond acceptors (Lipinski definition) is 4. The van der Waals surface area contributed by atoms with E-state index in [1.807, 2.05) is 13.8 Å². The second-order valence-corrected chi connectivity index (χ2v) is 4.17. The molecular weight excluding hydrogens is 244 g/mol. The van der Waals surface area contributed by atoms with E-state index in [-0.39, 0.29) is 5.91 Å². The molecule has 1 rings (SSSR count). The molecule has 1 aromatic rings. The van der Waals surface area contributed by atoms with Gasteiger partial charge in [-0.25, -0.2) is 0 Å². The highest BCUT2D eigenvalue weighted by Gasteiger charge is 2.19. The van der Waals surface area contributed by atoms with Gasteiger partial charge in [0.2, 0.25) is 0 Å². The van der Waals surface area contributed by atoms with Crippen LogP contribution in [-0.4, -0.2) is 37.1 Å². The van der Waals surface area contributed by atoms with Crippen LogP contribution >= 0.6 is 0 Å². The van der Waals surface area contributed by atoms with E-state index in [1.165, 1.54) is 0 Å². The molecule has 0 aromatic heterocycles. The molecule has 5 nitrogen and oxygen atoms in total. The van der Waals surface area contributed by atoms with Crippen molar-refractivity contribution in [1.29, 1.82) is 0 Å². The zero-order valence-corrected chi connectivity index (χ0v) is 12.0. The van der Waals surface area contributed by atoms with Crippen molar-refractivity contribution >= 4 is 11.6 Å². The molecule has 19 heavy (non-hydrogen) atoms. The van der Waals surface area contributed by atoms with Crippen LogP contribution in [0.1, 0.15) is 20.8 Å². The van der Waals surface area contributed by atoms with Crippen molar-refractivity contribution in [3.63, 3.8) is 0 Å². The van der Waals surface area contributed by atoms with E-state index in [2.05, 4.69) is 0 Å². The summed E-state index contributed by atoms with van der Waals surface area (Å²) < 4.78 is 10.7. The maximum atomic E-state index is 12.1. The molecule has 0 spiro atoms. The summed E-state index contributed by atoms with van der Waals surface area (Å²) in [4.78, 5) is 13.8. The van der Waals surface area contributed by atoms with Gasteiger partial charge in [-0.3, -0.25) is 4.79 Å². The van der Waals surface area contributed by atoms with Crippen molar-refractivity contribution in [1.82, 2.24) is 4.90 Å². The number of carbonyl (C=O) groups is 1. The standard InChI is InChI=1S/C14H22N2O3/c1-5-16(6-2)14(17)10(3)19-11-7-8-13(18-4)12(15)9-11/h7-10H,5-6,15H2,1-4H3. The van der Waals surface area contributed by atoms with Gasteiger partial charge in [0.15, 0.2) is 6.10 Å². The van der Waals surface area contributed by atoms with Crippen molar-refractivity contribution in [2.75, 3.05) is 25.9 Å². The highest BCUT2D eigenvalue weighted by Crippen LogP contribution is 2.26. The Hall–Kier alpha value is -1.91. The van der Waals surface area contributed by atoms with E-state index in [4.69, 9.17) is 15.2 Å². The first-order chi connectivity index (χ1) is 9.03. The second-order valence-electron chi connectivity index (χ2n) is 4.17. The number of nitrogen functional groups attached to an aromatic ring is 1. The summed E-state index contributed by atoms with van der Waals surface area (Å²) in [5.74, 6) is 1.13. The van der Waals surface area contributed by atoms with Gasteiger partial charge in [-0.2, -0.15) is 0 Å². The Kier molecular flexibility index (Phi) is 5.48. The largest absolute Gasteiger partial charge is 0.495 e. The zero-order chi connectivity index (χ0) is 14.4. The fourth-order valence-electron chi connectivity index (χ4n) is 1.83. The van der Waals surface area contributed by atoms with E-state index < -0.39 is 6.10 Å². The first-order valence-electron chi connectivity index (χ1n) is 6.42. The topological polar surface area (TPSA) is 64.8 Å². The Morgan fingerprint density at radius 1 is 1.37 bits per heavy atom. The predicted molar refractivity (Wildman–Crippen MR) is 75.4 cm³/mol. The van der Waals surface area contributed by atoms with E-state index in [0.717, 1.165) is 0 Å². The van der Waals surface area contributed by atoms with Gasteiger partial charge >= 0.3 is 0 Å². The van der Waals surface area contributed by atoms with Crippen LogP contribution < -0.4 is 15.2 Å². The molecule has 5 heteroatoms. The normalized spacial score (nSPS) is 11.8. The highest BCUT2D eigenvalue weighted by atomic mass is 16.5. The Bertz CT molecular complexity index is 431. The lowest BCUT2D eigenvalue weighted by molar-refractivity contribution is -0.137. The van der Waals surface area contributed by atoms with Crippen LogP contribution in [0.3, 0.4) is 0 Å². The third-order valence-electron chi connectivity index (χ3n) is 2.94. The fourth-order valence-corrected chi connectivity index (χ4v) is 1.83. The van der Waals surface area contributed by atoms with Gasteiger partial charge < -0.3 is 20.1 Å². The number of carbonyl (C=O) groups excluding carboxylic acids is 1. The van der Waals surface area contributed by atoms with Crippen LogP contribution in [0, 0.1) is 0 Å². The average Bonchev–Trinajstić information content (AvgIpc) is 2.40. The molecule has 1 atom stereocenters. The molecule has 0 heterocycles. The summed E-state index contributed by atoms with van der Waals surface area (Å²) in [5.41, 5.74) is 6.28. The Labute approximate surface area is 114 Å². The first-order valence-corrected chi connectivity index (χ1v) is 6.42. The third-order valence-corrected chi connectivity index (χ3v) is 2.94. The number of nitrogens with zero attached hydrogens (tertiary/aromatic N) is 1. The minimum absolute atomic E-state index is 0.0283. The Morgan fingerprint density at radius 3 is 2.47 bits per heavy atom. The van der Waals surface area contributed by atoms with E-state index in [9.17, 15) is 4.79 Å². The van der Waals surface area contributed by atoms with Crippen molar-refractivity contribution in [3.05, 3.63) is 18.2 Å². The number of hydrogen-bond donors (Lipinski definition) is 1. The molecule has 0 bridgehead atoms. The van der Waals surface area contributed by atoms with Crippen LogP contribution in [0.5, 0.6) is 11.5 Å². The SMILES string of the molecule is CCN(CC)C(=O)C(C)Oc1ccc(OC)c(N)c1. The number of nitrogens with two attached hydrogens (primary N) is 1. The summed E-state index contributed by atoms with van der Waals surface area (Å²) in [7, 11) is 1.55. The molecule has 0 saturated carbocycles. The number of benzene rings is 1. The molecule has 1 amide bonds. The molecule has 106 valence electrons. The molecule has 0 fully saturated rings. The molecular formula is C14H22N2O3. The molecule has 0 aliphatic rings. The average molecular weight is 266 g/mol.